The second-order valence-electron chi connectivity index (χ2n) is 5.54. The molecule has 0 heterocycles. The molecule has 1 rings (SSSR count). The summed E-state index contributed by atoms with van der Waals surface area (Å²) in [6.45, 7) is 2.38. The number of aliphatic carboxylic acids is 1. The van der Waals surface area contributed by atoms with Crippen LogP contribution in [0.4, 0.5) is 0 Å². The van der Waals surface area contributed by atoms with Crippen molar-refractivity contribution in [2.24, 2.45) is 11.8 Å². The lowest BCUT2D eigenvalue weighted by molar-refractivity contribution is -0.148. The fourth-order valence-electron chi connectivity index (χ4n) is 2.47. The Morgan fingerprint density at radius 3 is 2.45 bits per heavy atom. The largest absolute Gasteiger partial charge is 0.481 e. The molecule has 1 aliphatic rings. The molecule has 0 aromatic heterocycles. The van der Waals surface area contributed by atoms with E-state index >= 15 is 0 Å². The van der Waals surface area contributed by atoms with Crippen LogP contribution in [0.25, 0.3) is 0 Å². The molecule has 0 bridgehead atoms. The molecule has 0 spiro atoms. The Kier molecular flexibility index (Phi) is 7.54. The molecular weight excluding hydrogens is 260 g/mol. The van der Waals surface area contributed by atoms with Gasteiger partial charge >= 0.3 is 5.97 Å². The fourth-order valence-corrected chi connectivity index (χ4v) is 2.47. The van der Waals surface area contributed by atoms with E-state index in [0.717, 1.165) is 19.4 Å². The monoisotopic (exact) mass is 286 g/mol. The Morgan fingerprint density at radius 2 is 1.85 bits per heavy atom. The molecule has 0 saturated heterocycles. The maximum Gasteiger partial charge on any atom is 0.307 e. The number of carboxylic acids is 1. The number of likely N-dealkylation sites (N-methyl/N-ethyl adjacent to an activating group) is 1. The standard InChI is InChI=1S/C14H26N2O4/c1-16(2)8-10-20-9-7-15-13(17)11-5-3-4-6-12(11)14(18)19/h11-12H,3-10H2,1-2H3,(H,15,17)(H,18,19)/t11-,12+/m1/s1. The zero-order valence-corrected chi connectivity index (χ0v) is 12.4. The number of rotatable bonds is 8. The molecule has 2 atom stereocenters. The van der Waals surface area contributed by atoms with Crippen LogP contribution in [-0.2, 0) is 14.3 Å². The van der Waals surface area contributed by atoms with E-state index in [4.69, 9.17) is 9.84 Å². The van der Waals surface area contributed by atoms with Crippen molar-refractivity contribution in [3.05, 3.63) is 0 Å². The first-order valence-electron chi connectivity index (χ1n) is 7.25. The number of nitrogens with zero attached hydrogens (tertiary/aromatic N) is 1. The van der Waals surface area contributed by atoms with Gasteiger partial charge in [-0.05, 0) is 26.9 Å². The predicted molar refractivity (Wildman–Crippen MR) is 75.5 cm³/mol. The van der Waals surface area contributed by atoms with E-state index in [1.807, 2.05) is 19.0 Å². The summed E-state index contributed by atoms with van der Waals surface area (Å²) in [5, 5.41) is 11.9. The van der Waals surface area contributed by atoms with Gasteiger partial charge in [-0.3, -0.25) is 9.59 Å². The topological polar surface area (TPSA) is 78.9 Å². The van der Waals surface area contributed by atoms with E-state index in [1.165, 1.54) is 0 Å². The second-order valence-corrected chi connectivity index (χ2v) is 5.54. The van der Waals surface area contributed by atoms with Gasteiger partial charge < -0.3 is 20.1 Å². The average molecular weight is 286 g/mol. The van der Waals surface area contributed by atoms with Crippen LogP contribution in [0.2, 0.25) is 0 Å². The number of amides is 1. The minimum atomic E-state index is -0.855. The number of hydrogen-bond donors (Lipinski definition) is 2. The molecule has 0 aliphatic heterocycles. The fraction of sp³-hybridized carbons (Fsp3) is 0.857. The first-order chi connectivity index (χ1) is 9.52. The Hall–Kier alpha value is -1.14. The highest BCUT2D eigenvalue weighted by Crippen LogP contribution is 2.30. The third-order valence-corrected chi connectivity index (χ3v) is 3.65. The smallest absolute Gasteiger partial charge is 0.307 e. The molecule has 20 heavy (non-hydrogen) atoms. The van der Waals surface area contributed by atoms with Crippen LogP contribution in [-0.4, -0.2) is 62.3 Å². The minimum Gasteiger partial charge on any atom is -0.481 e. The van der Waals surface area contributed by atoms with Gasteiger partial charge in [0.15, 0.2) is 0 Å². The molecule has 0 unspecified atom stereocenters. The SMILES string of the molecule is CN(C)CCOCCNC(=O)[C@@H]1CCCC[C@@H]1C(=O)O. The molecule has 6 nitrogen and oxygen atoms in total. The van der Waals surface area contributed by atoms with Crippen LogP contribution in [0.15, 0.2) is 0 Å². The maximum atomic E-state index is 12.0. The van der Waals surface area contributed by atoms with Crippen LogP contribution in [0, 0.1) is 11.8 Å². The molecule has 116 valence electrons. The van der Waals surface area contributed by atoms with Crippen LogP contribution in [0.5, 0.6) is 0 Å². The zero-order valence-electron chi connectivity index (χ0n) is 12.4. The third kappa shape index (κ3) is 5.88. The van der Waals surface area contributed by atoms with Gasteiger partial charge in [0.1, 0.15) is 0 Å². The number of carbonyl (C=O) groups excluding carboxylic acids is 1. The molecule has 1 amide bonds. The van der Waals surface area contributed by atoms with Crippen molar-refractivity contribution in [3.8, 4) is 0 Å². The molecule has 1 saturated carbocycles. The van der Waals surface area contributed by atoms with Gasteiger partial charge in [-0.15, -0.1) is 0 Å². The highest BCUT2D eigenvalue weighted by atomic mass is 16.5. The van der Waals surface area contributed by atoms with Crippen molar-refractivity contribution in [2.45, 2.75) is 25.7 Å². The summed E-state index contributed by atoms with van der Waals surface area (Å²) >= 11 is 0. The van der Waals surface area contributed by atoms with Crippen molar-refractivity contribution in [2.75, 3.05) is 40.4 Å². The lowest BCUT2D eigenvalue weighted by atomic mass is 9.79. The summed E-state index contributed by atoms with van der Waals surface area (Å²) in [6, 6.07) is 0. The van der Waals surface area contributed by atoms with Gasteiger partial charge in [0.25, 0.3) is 0 Å². The first kappa shape index (κ1) is 16.9. The minimum absolute atomic E-state index is 0.145. The summed E-state index contributed by atoms with van der Waals surface area (Å²) < 4.78 is 5.38. The van der Waals surface area contributed by atoms with Crippen molar-refractivity contribution in [1.82, 2.24) is 10.2 Å². The lowest BCUT2D eigenvalue weighted by Gasteiger charge is -2.27. The van der Waals surface area contributed by atoms with Crippen molar-refractivity contribution in [1.29, 1.82) is 0 Å². The molecule has 6 heteroatoms. The van der Waals surface area contributed by atoms with Gasteiger partial charge in [-0.25, -0.2) is 0 Å². The van der Waals surface area contributed by atoms with Gasteiger partial charge in [0.05, 0.1) is 25.0 Å². The normalized spacial score (nSPS) is 22.8. The predicted octanol–water partition coefficient (Wildman–Crippen LogP) is 0.572. The van der Waals surface area contributed by atoms with Gasteiger partial charge in [0.2, 0.25) is 5.91 Å². The summed E-state index contributed by atoms with van der Waals surface area (Å²) in [4.78, 5) is 25.2. The zero-order chi connectivity index (χ0) is 15.0. The van der Waals surface area contributed by atoms with E-state index < -0.39 is 11.9 Å². The molecule has 1 fully saturated rings. The number of carbonyl (C=O) groups is 2. The second kappa shape index (κ2) is 8.92. The molecular formula is C14H26N2O4. The van der Waals surface area contributed by atoms with E-state index in [0.29, 0.717) is 32.6 Å². The van der Waals surface area contributed by atoms with Gasteiger partial charge in [-0.1, -0.05) is 12.8 Å². The highest BCUT2D eigenvalue weighted by molar-refractivity contribution is 5.84. The van der Waals surface area contributed by atoms with Crippen molar-refractivity contribution in [3.63, 3.8) is 0 Å². The Bertz CT molecular complexity index is 320. The van der Waals surface area contributed by atoms with Gasteiger partial charge in [0, 0.05) is 13.1 Å². The lowest BCUT2D eigenvalue weighted by Crippen LogP contribution is -2.40. The highest BCUT2D eigenvalue weighted by Gasteiger charge is 2.35. The number of hydrogen-bond acceptors (Lipinski definition) is 4. The summed E-state index contributed by atoms with van der Waals surface area (Å²) in [5.41, 5.74) is 0. The molecule has 0 aromatic rings. The molecule has 0 aromatic carbocycles. The van der Waals surface area contributed by atoms with E-state index in [-0.39, 0.29) is 11.8 Å². The van der Waals surface area contributed by atoms with E-state index in [1.54, 1.807) is 0 Å². The Morgan fingerprint density at radius 1 is 1.20 bits per heavy atom. The van der Waals surface area contributed by atoms with Crippen LogP contribution in [0.3, 0.4) is 0 Å². The quantitative estimate of drug-likeness (QED) is 0.638. The molecule has 0 radical (unpaired) electrons. The summed E-state index contributed by atoms with van der Waals surface area (Å²) in [6.07, 6.45) is 3.10. The average Bonchev–Trinajstić information content (AvgIpc) is 2.42. The van der Waals surface area contributed by atoms with Gasteiger partial charge in [-0.2, -0.15) is 0 Å². The summed E-state index contributed by atoms with van der Waals surface area (Å²) in [7, 11) is 3.94. The van der Waals surface area contributed by atoms with Crippen molar-refractivity contribution < 1.29 is 19.4 Å². The summed E-state index contributed by atoms with van der Waals surface area (Å²) in [5.74, 6) is -1.91. The Balaban J connectivity index is 2.22. The number of ether oxygens (including phenoxy) is 1. The Labute approximate surface area is 120 Å². The molecule has 1 aliphatic carbocycles. The van der Waals surface area contributed by atoms with Crippen LogP contribution >= 0.6 is 0 Å². The first-order valence-corrected chi connectivity index (χ1v) is 7.25. The van der Waals surface area contributed by atoms with E-state index in [2.05, 4.69) is 5.32 Å². The van der Waals surface area contributed by atoms with E-state index in [9.17, 15) is 9.59 Å². The van der Waals surface area contributed by atoms with Crippen LogP contribution in [0.1, 0.15) is 25.7 Å². The maximum absolute atomic E-state index is 12.0. The number of nitrogens with one attached hydrogen (secondary N) is 1. The van der Waals surface area contributed by atoms with Crippen LogP contribution < -0.4 is 5.32 Å². The molecule has 2 N–H and O–H groups in total. The third-order valence-electron chi connectivity index (χ3n) is 3.65. The number of carboxylic acid groups (broad SMARTS) is 1. The van der Waals surface area contributed by atoms with Crippen molar-refractivity contribution >= 4 is 11.9 Å².